The Morgan fingerprint density at radius 2 is 2.10 bits per heavy atom. The third-order valence-corrected chi connectivity index (χ3v) is 4.93. The summed E-state index contributed by atoms with van der Waals surface area (Å²) in [5.41, 5.74) is 3.91. The van der Waals surface area contributed by atoms with Crippen molar-refractivity contribution < 1.29 is 4.74 Å². The van der Waals surface area contributed by atoms with E-state index >= 15 is 0 Å². The summed E-state index contributed by atoms with van der Waals surface area (Å²) in [7, 11) is 0. The van der Waals surface area contributed by atoms with E-state index < -0.39 is 0 Å². The molecule has 0 amide bonds. The summed E-state index contributed by atoms with van der Waals surface area (Å²) in [6, 6.07) is 17.3. The van der Waals surface area contributed by atoms with E-state index in [1.165, 1.54) is 21.2 Å². The van der Waals surface area contributed by atoms with Crippen molar-refractivity contribution in [3.8, 4) is 0 Å². The fraction of sp³-hybridized carbons (Fsp3) is 0.222. The normalized spacial score (nSPS) is 17.6. The summed E-state index contributed by atoms with van der Waals surface area (Å²) >= 11 is 1.78. The van der Waals surface area contributed by atoms with Crippen LogP contribution in [0.1, 0.15) is 17.2 Å². The Morgan fingerprint density at radius 1 is 1.14 bits per heavy atom. The molecule has 2 heterocycles. The van der Waals surface area contributed by atoms with Crippen LogP contribution in [0.3, 0.4) is 0 Å². The molecule has 0 saturated carbocycles. The van der Waals surface area contributed by atoms with E-state index in [1.807, 2.05) is 0 Å². The predicted octanol–water partition coefficient (Wildman–Crippen LogP) is 4.63. The molecule has 0 fully saturated rings. The van der Waals surface area contributed by atoms with Crippen molar-refractivity contribution in [2.45, 2.75) is 12.5 Å². The fourth-order valence-corrected chi connectivity index (χ4v) is 3.70. The number of hydrogen-bond donors (Lipinski definition) is 1. The molecule has 2 nitrogen and oxygen atoms in total. The molecule has 0 radical (unpaired) electrons. The van der Waals surface area contributed by atoms with E-state index in [0.717, 1.165) is 25.3 Å². The molecule has 3 aromatic rings. The highest BCUT2D eigenvalue weighted by atomic mass is 32.1. The molecule has 0 saturated heterocycles. The van der Waals surface area contributed by atoms with Crippen LogP contribution in [0.5, 0.6) is 0 Å². The second-order valence-electron chi connectivity index (χ2n) is 5.36. The van der Waals surface area contributed by atoms with E-state index in [1.54, 1.807) is 11.3 Å². The van der Waals surface area contributed by atoms with E-state index in [-0.39, 0.29) is 6.10 Å². The number of benzene rings is 2. The third-order valence-electron chi connectivity index (χ3n) is 4.04. The van der Waals surface area contributed by atoms with Gasteiger partial charge in [0.2, 0.25) is 0 Å². The lowest BCUT2D eigenvalue weighted by Crippen LogP contribution is -2.22. The topological polar surface area (TPSA) is 21.3 Å². The Labute approximate surface area is 128 Å². The second kappa shape index (κ2) is 5.51. The number of thiophene rings is 1. The quantitative estimate of drug-likeness (QED) is 0.761. The Bertz CT molecular complexity index is 765. The van der Waals surface area contributed by atoms with Gasteiger partial charge in [0.05, 0.1) is 12.7 Å². The molecule has 3 heteroatoms. The lowest BCUT2D eigenvalue weighted by Gasteiger charge is -2.26. The summed E-state index contributed by atoms with van der Waals surface area (Å²) in [4.78, 5) is 0. The van der Waals surface area contributed by atoms with Gasteiger partial charge in [-0.3, -0.25) is 0 Å². The minimum atomic E-state index is 0.146. The minimum absolute atomic E-state index is 0.146. The molecule has 106 valence electrons. The van der Waals surface area contributed by atoms with Crippen molar-refractivity contribution in [2.24, 2.45) is 0 Å². The molecule has 1 N–H and O–H groups in total. The van der Waals surface area contributed by atoms with Crippen LogP contribution in [-0.2, 0) is 11.2 Å². The van der Waals surface area contributed by atoms with Gasteiger partial charge in [-0.2, -0.15) is 0 Å². The maximum atomic E-state index is 5.94. The van der Waals surface area contributed by atoms with Crippen molar-refractivity contribution in [3.63, 3.8) is 0 Å². The van der Waals surface area contributed by atoms with Crippen molar-refractivity contribution in [3.05, 3.63) is 65.0 Å². The third kappa shape index (κ3) is 2.55. The van der Waals surface area contributed by atoms with Crippen LogP contribution in [0.2, 0.25) is 0 Å². The predicted molar refractivity (Wildman–Crippen MR) is 89.2 cm³/mol. The Hall–Kier alpha value is -1.84. The molecule has 1 unspecified atom stereocenters. The number of ether oxygens (including phenoxy) is 1. The molecule has 2 aromatic carbocycles. The average Bonchev–Trinajstić information content (AvgIpc) is 3.00. The molecule has 1 aliphatic heterocycles. The Kier molecular flexibility index (Phi) is 3.37. The van der Waals surface area contributed by atoms with Crippen LogP contribution in [0, 0.1) is 0 Å². The number of nitrogens with one attached hydrogen (secondary N) is 1. The first-order chi connectivity index (χ1) is 10.4. The number of rotatable bonds is 3. The zero-order valence-corrected chi connectivity index (χ0v) is 12.5. The van der Waals surface area contributed by atoms with Gasteiger partial charge in [0.15, 0.2) is 0 Å². The summed E-state index contributed by atoms with van der Waals surface area (Å²) in [5, 5.41) is 6.95. The van der Waals surface area contributed by atoms with E-state index in [2.05, 4.69) is 59.2 Å². The minimum Gasteiger partial charge on any atom is -0.382 e. The average molecular weight is 295 g/mol. The van der Waals surface area contributed by atoms with Gasteiger partial charge in [-0.15, -0.1) is 11.3 Å². The van der Waals surface area contributed by atoms with Gasteiger partial charge >= 0.3 is 0 Å². The molecule has 1 aromatic heterocycles. The first kappa shape index (κ1) is 12.9. The van der Waals surface area contributed by atoms with Crippen molar-refractivity contribution in [2.75, 3.05) is 18.5 Å². The van der Waals surface area contributed by atoms with Crippen LogP contribution in [0.4, 0.5) is 5.69 Å². The smallest absolute Gasteiger partial charge is 0.0999 e. The SMILES string of the molecule is c1ccc2c(c1)CCOC2CNc1ccc2sccc2c1. The largest absolute Gasteiger partial charge is 0.382 e. The zero-order chi connectivity index (χ0) is 14.1. The Morgan fingerprint density at radius 3 is 3.10 bits per heavy atom. The number of fused-ring (bicyclic) bond motifs is 2. The van der Waals surface area contributed by atoms with Crippen LogP contribution in [-0.4, -0.2) is 13.2 Å². The van der Waals surface area contributed by atoms with Crippen LogP contribution < -0.4 is 5.32 Å². The van der Waals surface area contributed by atoms with Gasteiger partial charge in [0, 0.05) is 16.9 Å². The van der Waals surface area contributed by atoms with E-state index in [9.17, 15) is 0 Å². The van der Waals surface area contributed by atoms with Crippen molar-refractivity contribution in [1.82, 2.24) is 0 Å². The lowest BCUT2D eigenvalue weighted by molar-refractivity contribution is 0.0513. The number of hydrogen-bond acceptors (Lipinski definition) is 3. The first-order valence-electron chi connectivity index (χ1n) is 7.31. The molecule has 0 aliphatic carbocycles. The molecule has 1 aliphatic rings. The van der Waals surface area contributed by atoms with Crippen molar-refractivity contribution in [1.29, 1.82) is 0 Å². The molecule has 0 spiro atoms. The van der Waals surface area contributed by atoms with Gasteiger partial charge in [-0.05, 0) is 52.6 Å². The standard InChI is InChI=1S/C18H17NOS/c1-2-4-16-13(3-1)7-9-20-17(16)12-19-15-5-6-18-14(11-15)8-10-21-18/h1-6,8,10-11,17,19H,7,9,12H2. The molecular formula is C18H17NOS. The summed E-state index contributed by atoms with van der Waals surface area (Å²) in [5.74, 6) is 0. The second-order valence-corrected chi connectivity index (χ2v) is 6.31. The van der Waals surface area contributed by atoms with Gasteiger partial charge in [-0.1, -0.05) is 24.3 Å². The number of anilines is 1. The fourth-order valence-electron chi connectivity index (χ4n) is 2.93. The van der Waals surface area contributed by atoms with Crippen molar-refractivity contribution >= 4 is 27.1 Å². The maximum Gasteiger partial charge on any atom is 0.0999 e. The molecule has 4 rings (SSSR count). The lowest BCUT2D eigenvalue weighted by atomic mass is 9.97. The Balaban J connectivity index is 1.52. The molecule has 21 heavy (non-hydrogen) atoms. The summed E-state index contributed by atoms with van der Waals surface area (Å²) in [6.45, 7) is 1.62. The van der Waals surface area contributed by atoms with Gasteiger partial charge in [0.1, 0.15) is 0 Å². The van der Waals surface area contributed by atoms with Gasteiger partial charge in [0.25, 0.3) is 0 Å². The van der Waals surface area contributed by atoms with Gasteiger partial charge in [-0.25, -0.2) is 0 Å². The molecule has 1 atom stereocenters. The monoisotopic (exact) mass is 295 g/mol. The summed E-state index contributed by atoms with van der Waals surface area (Å²) < 4.78 is 7.27. The summed E-state index contributed by atoms with van der Waals surface area (Å²) in [6.07, 6.45) is 1.17. The highest BCUT2D eigenvalue weighted by Gasteiger charge is 2.19. The van der Waals surface area contributed by atoms with Crippen LogP contribution in [0.15, 0.2) is 53.9 Å². The first-order valence-corrected chi connectivity index (χ1v) is 8.19. The highest BCUT2D eigenvalue weighted by molar-refractivity contribution is 7.17. The van der Waals surface area contributed by atoms with Crippen LogP contribution >= 0.6 is 11.3 Å². The van der Waals surface area contributed by atoms with Gasteiger partial charge < -0.3 is 10.1 Å². The van der Waals surface area contributed by atoms with E-state index in [0.29, 0.717) is 0 Å². The maximum absolute atomic E-state index is 5.94. The molecular weight excluding hydrogens is 278 g/mol. The van der Waals surface area contributed by atoms with E-state index in [4.69, 9.17) is 4.74 Å². The molecule has 0 bridgehead atoms. The highest BCUT2D eigenvalue weighted by Crippen LogP contribution is 2.28. The van der Waals surface area contributed by atoms with Crippen LogP contribution in [0.25, 0.3) is 10.1 Å². The zero-order valence-electron chi connectivity index (χ0n) is 11.7.